The number of aromatic hydroxyl groups is 1. The maximum absolute atomic E-state index is 12.7. The van der Waals surface area contributed by atoms with E-state index < -0.39 is 11.4 Å². The van der Waals surface area contributed by atoms with Gasteiger partial charge in [0.2, 0.25) is 5.79 Å². The number of phenolic OH excluding ortho intramolecular Hbond substituents is 1. The van der Waals surface area contributed by atoms with E-state index in [2.05, 4.69) is 0 Å². The van der Waals surface area contributed by atoms with E-state index in [9.17, 15) is 9.90 Å². The minimum absolute atomic E-state index is 0.0954. The maximum atomic E-state index is 12.7. The Kier molecular flexibility index (Phi) is 3.54. The lowest BCUT2D eigenvalue weighted by Crippen LogP contribution is -2.41. The van der Waals surface area contributed by atoms with E-state index in [0.29, 0.717) is 23.1 Å². The number of hydrogen-bond acceptors (Lipinski definition) is 5. The van der Waals surface area contributed by atoms with E-state index in [1.165, 1.54) is 6.07 Å². The van der Waals surface area contributed by atoms with E-state index in [-0.39, 0.29) is 17.3 Å². The first kappa shape index (κ1) is 15.7. The topological polar surface area (TPSA) is 68.9 Å². The molecule has 1 aliphatic rings. The van der Waals surface area contributed by atoms with Gasteiger partial charge in [-0.15, -0.1) is 0 Å². The quantitative estimate of drug-likeness (QED) is 0.720. The Morgan fingerprint density at radius 1 is 1.16 bits per heavy atom. The van der Waals surface area contributed by atoms with Crippen LogP contribution in [0, 0.1) is 0 Å². The van der Waals surface area contributed by atoms with Crippen LogP contribution < -0.4 is 10.4 Å². The fourth-order valence-corrected chi connectivity index (χ4v) is 3.43. The molecule has 0 saturated carbocycles. The lowest BCUT2D eigenvalue weighted by atomic mass is 9.83. The lowest BCUT2D eigenvalue weighted by molar-refractivity contribution is -0.163. The highest BCUT2D eigenvalue weighted by atomic mass is 16.7. The summed E-state index contributed by atoms with van der Waals surface area (Å²) in [6.45, 7) is 1.84. The second kappa shape index (κ2) is 5.63. The number of benzene rings is 2. The van der Waals surface area contributed by atoms with Crippen LogP contribution in [0.1, 0.15) is 30.4 Å². The van der Waals surface area contributed by atoms with Crippen molar-refractivity contribution >= 4 is 11.0 Å². The fourth-order valence-electron chi connectivity index (χ4n) is 3.43. The fraction of sp³-hybridized carbons (Fsp3) is 0.250. The van der Waals surface area contributed by atoms with Crippen LogP contribution >= 0.6 is 0 Å². The van der Waals surface area contributed by atoms with Gasteiger partial charge in [0.1, 0.15) is 5.75 Å². The molecule has 0 unspecified atom stereocenters. The Balaban J connectivity index is 2.05. The van der Waals surface area contributed by atoms with E-state index in [0.717, 1.165) is 5.56 Å². The van der Waals surface area contributed by atoms with Gasteiger partial charge in [-0.3, -0.25) is 0 Å². The zero-order chi connectivity index (χ0) is 17.6. The highest BCUT2D eigenvalue weighted by molar-refractivity contribution is 5.89. The smallest absolute Gasteiger partial charge is 0.344 e. The van der Waals surface area contributed by atoms with Crippen molar-refractivity contribution in [2.45, 2.75) is 25.0 Å². The molecule has 0 bridgehead atoms. The van der Waals surface area contributed by atoms with Crippen LogP contribution in [0.2, 0.25) is 0 Å². The van der Waals surface area contributed by atoms with Crippen LogP contribution in [0.5, 0.6) is 11.5 Å². The van der Waals surface area contributed by atoms with Crippen molar-refractivity contribution in [3.63, 3.8) is 0 Å². The normalized spacial score (nSPS) is 22.4. The molecule has 0 saturated heterocycles. The molecule has 0 spiro atoms. The number of rotatable bonds is 2. The Hall–Kier alpha value is -2.79. The van der Waals surface area contributed by atoms with Crippen molar-refractivity contribution < 1.29 is 19.0 Å². The molecule has 2 heterocycles. The largest absolute Gasteiger partial charge is 0.504 e. The lowest BCUT2D eigenvalue weighted by Gasteiger charge is -2.38. The summed E-state index contributed by atoms with van der Waals surface area (Å²) in [4.78, 5) is 12.7. The molecular formula is C20H18O5. The van der Waals surface area contributed by atoms with E-state index in [1.807, 2.05) is 37.3 Å². The van der Waals surface area contributed by atoms with Crippen molar-refractivity contribution in [1.82, 2.24) is 0 Å². The van der Waals surface area contributed by atoms with Crippen LogP contribution in [0.4, 0.5) is 0 Å². The monoisotopic (exact) mass is 338 g/mol. The molecule has 3 aromatic rings. The summed E-state index contributed by atoms with van der Waals surface area (Å²) in [5.41, 5.74) is 1.07. The van der Waals surface area contributed by atoms with Crippen LogP contribution in [0.15, 0.2) is 57.7 Å². The summed E-state index contributed by atoms with van der Waals surface area (Å²) in [5.74, 6) is -0.800. The van der Waals surface area contributed by atoms with Gasteiger partial charge in [-0.2, -0.15) is 0 Å². The predicted octanol–water partition coefficient (Wildman–Crippen LogP) is 3.78. The van der Waals surface area contributed by atoms with Crippen LogP contribution in [-0.4, -0.2) is 18.0 Å². The van der Waals surface area contributed by atoms with Crippen molar-refractivity contribution in [3.8, 4) is 11.5 Å². The molecule has 2 atom stereocenters. The van der Waals surface area contributed by atoms with Crippen LogP contribution in [0.3, 0.4) is 0 Å². The number of para-hydroxylation sites is 1. The SMILES string of the molecule is CO[C@@]1(C)C[C@@H](c2ccccc2)c2c(c3cccc(O)c3oc2=O)O1. The number of hydrogen-bond donors (Lipinski definition) is 1. The van der Waals surface area contributed by atoms with Gasteiger partial charge in [0.15, 0.2) is 11.3 Å². The van der Waals surface area contributed by atoms with Gasteiger partial charge in [0, 0.05) is 26.4 Å². The van der Waals surface area contributed by atoms with Crippen molar-refractivity contribution in [1.29, 1.82) is 0 Å². The molecule has 128 valence electrons. The zero-order valence-electron chi connectivity index (χ0n) is 14.0. The third kappa shape index (κ3) is 2.48. The summed E-state index contributed by atoms with van der Waals surface area (Å²) in [6, 6.07) is 14.7. The first-order valence-electron chi connectivity index (χ1n) is 8.10. The van der Waals surface area contributed by atoms with Crippen molar-refractivity contribution in [3.05, 3.63) is 70.1 Å². The summed E-state index contributed by atoms with van der Waals surface area (Å²) >= 11 is 0. The average molecular weight is 338 g/mol. The number of ether oxygens (including phenoxy) is 2. The molecule has 2 aromatic carbocycles. The Labute approximate surface area is 144 Å². The van der Waals surface area contributed by atoms with Crippen LogP contribution in [0.25, 0.3) is 11.0 Å². The number of fused-ring (bicyclic) bond motifs is 3. The van der Waals surface area contributed by atoms with Gasteiger partial charge in [-0.25, -0.2) is 4.79 Å². The maximum Gasteiger partial charge on any atom is 0.344 e. The van der Waals surface area contributed by atoms with E-state index in [1.54, 1.807) is 19.2 Å². The Morgan fingerprint density at radius 3 is 2.64 bits per heavy atom. The van der Waals surface area contributed by atoms with Gasteiger partial charge < -0.3 is 19.0 Å². The highest BCUT2D eigenvalue weighted by Gasteiger charge is 2.41. The molecule has 1 aromatic heterocycles. The molecule has 0 amide bonds. The Morgan fingerprint density at radius 2 is 1.92 bits per heavy atom. The number of methoxy groups -OCH3 is 1. The van der Waals surface area contributed by atoms with Gasteiger partial charge in [-0.05, 0) is 17.7 Å². The van der Waals surface area contributed by atoms with Crippen molar-refractivity contribution in [2.24, 2.45) is 0 Å². The number of phenols is 1. The second-order valence-electron chi connectivity index (χ2n) is 6.39. The molecule has 0 aliphatic carbocycles. The molecule has 25 heavy (non-hydrogen) atoms. The van der Waals surface area contributed by atoms with Crippen LogP contribution in [-0.2, 0) is 4.74 Å². The van der Waals surface area contributed by atoms with Crippen molar-refractivity contribution in [2.75, 3.05) is 7.11 Å². The minimum atomic E-state index is -0.889. The third-order valence-corrected chi connectivity index (χ3v) is 4.77. The summed E-state index contributed by atoms with van der Waals surface area (Å²) in [6.07, 6.45) is 0.482. The van der Waals surface area contributed by atoms with Gasteiger partial charge in [-0.1, -0.05) is 36.4 Å². The predicted molar refractivity (Wildman–Crippen MR) is 93.1 cm³/mol. The first-order valence-corrected chi connectivity index (χ1v) is 8.10. The van der Waals surface area contributed by atoms with E-state index >= 15 is 0 Å². The van der Waals surface area contributed by atoms with Gasteiger partial charge in [0.25, 0.3) is 0 Å². The molecule has 5 nitrogen and oxygen atoms in total. The third-order valence-electron chi connectivity index (χ3n) is 4.77. The molecule has 1 aliphatic heterocycles. The summed E-state index contributed by atoms with van der Waals surface area (Å²) in [7, 11) is 1.58. The molecule has 0 radical (unpaired) electrons. The standard InChI is InChI=1S/C20H18O5/c1-20(23-2)11-14(12-7-4-3-5-8-12)16-18(25-20)13-9-6-10-15(21)17(13)24-19(16)22/h3-10,14,21H,11H2,1-2H3/t14-,20+/m0/s1. The van der Waals surface area contributed by atoms with Gasteiger partial charge >= 0.3 is 5.63 Å². The average Bonchev–Trinajstić information content (AvgIpc) is 2.63. The minimum Gasteiger partial charge on any atom is -0.504 e. The summed E-state index contributed by atoms with van der Waals surface area (Å²) < 4.78 is 17.1. The molecule has 0 fully saturated rings. The molecular weight excluding hydrogens is 320 g/mol. The highest BCUT2D eigenvalue weighted by Crippen LogP contribution is 2.46. The molecule has 4 rings (SSSR count). The Bertz CT molecular complexity index is 992. The first-order chi connectivity index (χ1) is 12.0. The summed E-state index contributed by atoms with van der Waals surface area (Å²) in [5, 5.41) is 10.6. The van der Waals surface area contributed by atoms with E-state index in [4.69, 9.17) is 13.9 Å². The van der Waals surface area contributed by atoms with Gasteiger partial charge in [0.05, 0.1) is 10.9 Å². The zero-order valence-corrected chi connectivity index (χ0v) is 14.0. The molecule has 1 N–H and O–H groups in total. The second-order valence-corrected chi connectivity index (χ2v) is 6.39. The molecule has 5 heteroatoms.